The lowest BCUT2D eigenvalue weighted by Gasteiger charge is -2.18. The van der Waals surface area contributed by atoms with Gasteiger partial charge in [0, 0.05) is 18.7 Å². The molecule has 1 aromatic carbocycles. The summed E-state index contributed by atoms with van der Waals surface area (Å²) in [4.78, 5) is 12.7. The topological polar surface area (TPSA) is 20.3 Å². The van der Waals surface area contributed by atoms with Crippen LogP contribution in [0.15, 0.2) is 24.3 Å². The van der Waals surface area contributed by atoms with E-state index < -0.39 is 11.7 Å². The van der Waals surface area contributed by atoms with Crippen molar-refractivity contribution in [1.29, 1.82) is 0 Å². The van der Waals surface area contributed by atoms with Crippen molar-refractivity contribution in [3.63, 3.8) is 0 Å². The highest BCUT2D eigenvalue weighted by atomic mass is 19.4. The summed E-state index contributed by atoms with van der Waals surface area (Å²) < 4.78 is 37.3. The summed E-state index contributed by atoms with van der Waals surface area (Å²) >= 11 is 0. The number of anilines is 1. The Labute approximate surface area is 90.7 Å². The molecule has 86 valence electrons. The maximum Gasteiger partial charge on any atom is 0.416 e. The number of ketones is 1. The number of nitrogens with zero attached hydrogens (tertiary/aromatic N) is 1. The number of rotatable bonds is 1. The number of hydrogen-bond acceptors (Lipinski definition) is 2. The first kappa shape index (κ1) is 11.0. The largest absolute Gasteiger partial charge is 0.416 e. The molecule has 1 fully saturated rings. The van der Waals surface area contributed by atoms with E-state index in [2.05, 4.69) is 0 Å². The van der Waals surface area contributed by atoms with Crippen LogP contribution >= 0.6 is 0 Å². The molecule has 0 atom stereocenters. The minimum absolute atomic E-state index is 0.0670. The number of benzene rings is 1. The Kier molecular flexibility index (Phi) is 2.61. The quantitative estimate of drug-likeness (QED) is 0.737. The zero-order chi connectivity index (χ0) is 11.8. The average molecular weight is 229 g/mol. The van der Waals surface area contributed by atoms with Gasteiger partial charge in [0.1, 0.15) is 0 Å². The summed E-state index contributed by atoms with van der Waals surface area (Å²) in [6, 6.07) is 5.06. The number of hydrogen-bond donors (Lipinski definition) is 0. The minimum Gasteiger partial charge on any atom is -0.364 e. The molecule has 1 saturated heterocycles. The third kappa shape index (κ3) is 2.18. The highest BCUT2D eigenvalue weighted by molar-refractivity contribution is 5.87. The lowest BCUT2D eigenvalue weighted by molar-refractivity contribution is -0.137. The first-order valence-corrected chi connectivity index (χ1v) is 4.91. The van der Waals surface area contributed by atoms with Gasteiger partial charge in [0.2, 0.25) is 0 Å². The van der Waals surface area contributed by atoms with Gasteiger partial charge in [-0.05, 0) is 18.2 Å². The molecule has 1 heterocycles. The van der Waals surface area contributed by atoms with E-state index in [0.717, 1.165) is 12.1 Å². The average Bonchev–Trinajstić information content (AvgIpc) is 2.64. The van der Waals surface area contributed by atoms with Gasteiger partial charge in [-0.15, -0.1) is 0 Å². The van der Waals surface area contributed by atoms with E-state index in [-0.39, 0.29) is 12.3 Å². The third-order valence-electron chi connectivity index (χ3n) is 2.57. The predicted molar refractivity (Wildman–Crippen MR) is 53.3 cm³/mol. The first-order valence-electron chi connectivity index (χ1n) is 4.91. The molecule has 1 aliphatic heterocycles. The van der Waals surface area contributed by atoms with E-state index in [1.165, 1.54) is 6.07 Å². The van der Waals surface area contributed by atoms with E-state index >= 15 is 0 Å². The van der Waals surface area contributed by atoms with Gasteiger partial charge in [0.05, 0.1) is 12.1 Å². The van der Waals surface area contributed by atoms with Gasteiger partial charge < -0.3 is 4.90 Å². The molecule has 0 saturated carbocycles. The van der Waals surface area contributed by atoms with Gasteiger partial charge in [0.15, 0.2) is 5.78 Å². The van der Waals surface area contributed by atoms with Crippen LogP contribution in [0.5, 0.6) is 0 Å². The summed E-state index contributed by atoms with van der Waals surface area (Å²) in [5.74, 6) is 0.0670. The third-order valence-corrected chi connectivity index (χ3v) is 2.57. The van der Waals surface area contributed by atoms with Crippen LogP contribution in [0.3, 0.4) is 0 Å². The molecule has 2 rings (SSSR count). The molecular formula is C11H10F3NO. The Bertz CT molecular complexity index is 414. The highest BCUT2D eigenvalue weighted by Crippen LogP contribution is 2.32. The molecule has 0 amide bonds. The minimum atomic E-state index is -4.33. The van der Waals surface area contributed by atoms with Crippen molar-refractivity contribution >= 4 is 11.5 Å². The molecule has 0 aromatic heterocycles. The lowest BCUT2D eigenvalue weighted by Crippen LogP contribution is -2.20. The van der Waals surface area contributed by atoms with Crippen LogP contribution in [0.4, 0.5) is 18.9 Å². The zero-order valence-electron chi connectivity index (χ0n) is 8.42. The van der Waals surface area contributed by atoms with E-state index in [4.69, 9.17) is 0 Å². The summed E-state index contributed by atoms with van der Waals surface area (Å²) in [5.41, 5.74) is -0.218. The summed E-state index contributed by atoms with van der Waals surface area (Å²) in [6.07, 6.45) is -3.92. The van der Waals surface area contributed by atoms with Gasteiger partial charge in [-0.25, -0.2) is 0 Å². The second-order valence-electron chi connectivity index (χ2n) is 3.76. The van der Waals surface area contributed by atoms with Crippen molar-refractivity contribution in [1.82, 2.24) is 0 Å². The Morgan fingerprint density at radius 1 is 1.25 bits per heavy atom. The predicted octanol–water partition coefficient (Wildman–Crippen LogP) is 2.48. The fourth-order valence-corrected chi connectivity index (χ4v) is 1.73. The van der Waals surface area contributed by atoms with Crippen LogP contribution in [0.25, 0.3) is 0 Å². The van der Waals surface area contributed by atoms with Crippen molar-refractivity contribution in [2.45, 2.75) is 12.6 Å². The van der Waals surface area contributed by atoms with Gasteiger partial charge in [0.25, 0.3) is 0 Å². The smallest absolute Gasteiger partial charge is 0.364 e. The molecular weight excluding hydrogens is 219 g/mol. The zero-order valence-corrected chi connectivity index (χ0v) is 8.42. The fraction of sp³-hybridized carbons (Fsp3) is 0.364. The Morgan fingerprint density at radius 3 is 2.56 bits per heavy atom. The standard InChI is InChI=1S/C11H10F3NO/c12-11(13,14)8-2-1-3-9(6-8)15-5-4-10(16)7-15/h1-3,6H,4-5,7H2. The van der Waals surface area contributed by atoms with Gasteiger partial charge >= 0.3 is 6.18 Å². The molecule has 0 bridgehead atoms. The number of carbonyl (C=O) groups excluding carboxylic acids is 1. The van der Waals surface area contributed by atoms with Crippen molar-refractivity contribution in [3.8, 4) is 0 Å². The van der Waals surface area contributed by atoms with Gasteiger partial charge in [-0.1, -0.05) is 6.07 Å². The maximum absolute atomic E-state index is 12.4. The van der Waals surface area contributed by atoms with Crippen molar-refractivity contribution in [2.75, 3.05) is 18.0 Å². The molecule has 1 aliphatic rings. The number of alkyl halides is 3. The van der Waals surface area contributed by atoms with Crippen LogP contribution in [-0.2, 0) is 11.0 Å². The molecule has 2 nitrogen and oxygen atoms in total. The fourth-order valence-electron chi connectivity index (χ4n) is 1.73. The van der Waals surface area contributed by atoms with Crippen molar-refractivity contribution in [2.24, 2.45) is 0 Å². The SMILES string of the molecule is O=C1CCN(c2cccc(C(F)(F)F)c2)C1. The molecule has 0 aliphatic carbocycles. The highest BCUT2D eigenvalue weighted by Gasteiger charge is 2.31. The van der Waals surface area contributed by atoms with Crippen LogP contribution in [0, 0.1) is 0 Å². The molecule has 0 radical (unpaired) electrons. The van der Waals surface area contributed by atoms with Crippen LogP contribution in [0.1, 0.15) is 12.0 Å². The van der Waals surface area contributed by atoms with Crippen LogP contribution in [-0.4, -0.2) is 18.9 Å². The number of halogens is 3. The summed E-state index contributed by atoms with van der Waals surface area (Å²) in [6.45, 7) is 0.710. The van der Waals surface area contributed by atoms with E-state index in [1.54, 1.807) is 11.0 Å². The van der Waals surface area contributed by atoms with Crippen molar-refractivity contribution < 1.29 is 18.0 Å². The van der Waals surface area contributed by atoms with Gasteiger partial charge in [-0.3, -0.25) is 4.79 Å². The molecule has 0 N–H and O–H groups in total. The number of carbonyl (C=O) groups is 1. The Hall–Kier alpha value is -1.52. The maximum atomic E-state index is 12.4. The monoisotopic (exact) mass is 229 g/mol. The Balaban J connectivity index is 2.26. The van der Waals surface area contributed by atoms with E-state index in [9.17, 15) is 18.0 Å². The molecule has 16 heavy (non-hydrogen) atoms. The van der Waals surface area contributed by atoms with Crippen LogP contribution < -0.4 is 4.90 Å². The summed E-state index contributed by atoms with van der Waals surface area (Å²) in [5, 5.41) is 0. The van der Waals surface area contributed by atoms with E-state index in [1.807, 2.05) is 0 Å². The molecule has 1 aromatic rings. The van der Waals surface area contributed by atoms with E-state index in [0.29, 0.717) is 18.7 Å². The lowest BCUT2D eigenvalue weighted by atomic mass is 10.2. The molecule has 0 spiro atoms. The Morgan fingerprint density at radius 2 is 2.00 bits per heavy atom. The second kappa shape index (κ2) is 3.81. The molecule has 0 unspecified atom stereocenters. The second-order valence-corrected chi connectivity index (χ2v) is 3.76. The molecule has 5 heteroatoms. The number of Topliss-reactive ketones (excluding diaryl/α,β-unsaturated/α-hetero) is 1. The summed E-state index contributed by atoms with van der Waals surface area (Å²) in [7, 11) is 0. The van der Waals surface area contributed by atoms with Crippen molar-refractivity contribution in [3.05, 3.63) is 29.8 Å². The normalized spacial score (nSPS) is 16.9. The van der Waals surface area contributed by atoms with Crippen LogP contribution in [0.2, 0.25) is 0 Å². The first-order chi connectivity index (χ1) is 7.47. The van der Waals surface area contributed by atoms with Gasteiger partial charge in [-0.2, -0.15) is 13.2 Å².